The lowest BCUT2D eigenvalue weighted by Gasteiger charge is -2.42. The highest BCUT2D eigenvalue weighted by atomic mass is 16.5. The maximum atomic E-state index is 11.4. The van der Waals surface area contributed by atoms with Gasteiger partial charge in [0.2, 0.25) is 0 Å². The van der Waals surface area contributed by atoms with Crippen LogP contribution < -0.4 is 0 Å². The van der Waals surface area contributed by atoms with Crippen LogP contribution in [-0.2, 0) is 9.53 Å². The van der Waals surface area contributed by atoms with Crippen molar-refractivity contribution in [1.82, 2.24) is 0 Å². The monoisotopic (exact) mass is 196 g/mol. The van der Waals surface area contributed by atoms with Crippen molar-refractivity contribution in [2.45, 2.75) is 57.5 Å². The fraction of sp³-hybridized carbons (Fsp3) is 0.917. The minimum atomic E-state index is 0.0901. The van der Waals surface area contributed by atoms with Gasteiger partial charge in [0.1, 0.15) is 5.78 Å². The molecule has 14 heavy (non-hydrogen) atoms. The summed E-state index contributed by atoms with van der Waals surface area (Å²) in [6.45, 7) is 2.52. The Morgan fingerprint density at radius 1 is 1.29 bits per heavy atom. The van der Waals surface area contributed by atoms with Crippen LogP contribution in [0.15, 0.2) is 0 Å². The molecule has 1 heterocycles. The Morgan fingerprint density at radius 2 is 2.00 bits per heavy atom. The molecule has 2 aliphatic rings. The number of ether oxygens (including phenoxy) is 1. The lowest BCUT2D eigenvalue weighted by molar-refractivity contribution is -0.141. The molecule has 2 heteroatoms. The Morgan fingerprint density at radius 3 is 2.64 bits per heavy atom. The number of hydrogen-bond acceptors (Lipinski definition) is 2. The predicted molar refractivity (Wildman–Crippen MR) is 55.2 cm³/mol. The van der Waals surface area contributed by atoms with Crippen LogP contribution in [0, 0.1) is 5.92 Å². The summed E-state index contributed by atoms with van der Waals surface area (Å²) in [6.07, 6.45) is 8.19. The first-order chi connectivity index (χ1) is 6.72. The molecule has 1 spiro atoms. The summed E-state index contributed by atoms with van der Waals surface area (Å²) < 4.78 is 5.93. The Balaban J connectivity index is 2.01. The van der Waals surface area contributed by atoms with Gasteiger partial charge in [0, 0.05) is 12.5 Å². The molecular weight excluding hydrogens is 176 g/mol. The number of ketones is 1. The van der Waals surface area contributed by atoms with Crippen molar-refractivity contribution in [3.8, 4) is 0 Å². The smallest absolute Gasteiger partial charge is 0.133 e. The van der Waals surface area contributed by atoms with Crippen molar-refractivity contribution >= 4 is 5.78 Å². The molecule has 80 valence electrons. The molecule has 2 fully saturated rings. The van der Waals surface area contributed by atoms with Gasteiger partial charge in [-0.3, -0.25) is 4.79 Å². The third kappa shape index (κ3) is 2.00. The zero-order valence-electron chi connectivity index (χ0n) is 9.05. The molecule has 0 aromatic rings. The first-order valence-corrected chi connectivity index (χ1v) is 5.86. The highest BCUT2D eigenvalue weighted by Crippen LogP contribution is 2.40. The van der Waals surface area contributed by atoms with Gasteiger partial charge in [-0.25, -0.2) is 0 Å². The van der Waals surface area contributed by atoms with Gasteiger partial charge in [0.15, 0.2) is 0 Å². The maximum Gasteiger partial charge on any atom is 0.133 e. The van der Waals surface area contributed by atoms with E-state index in [1.807, 2.05) is 0 Å². The molecular formula is C12H20O2. The minimum Gasteiger partial charge on any atom is -0.375 e. The number of rotatable bonds is 1. The van der Waals surface area contributed by atoms with Crippen molar-refractivity contribution < 1.29 is 9.53 Å². The van der Waals surface area contributed by atoms with E-state index in [9.17, 15) is 4.79 Å². The van der Waals surface area contributed by atoms with E-state index in [-0.39, 0.29) is 11.5 Å². The lowest BCUT2D eigenvalue weighted by Crippen LogP contribution is -2.43. The molecule has 0 N–H and O–H groups in total. The number of hydrogen-bond donors (Lipinski definition) is 0. The van der Waals surface area contributed by atoms with Crippen LogP contribution in [0.3, 0.4) is 0 Å². The zero-order chi connectivity index (χ0) is 10.0. The molecule has 0 radical (unpaired) electrons. The number of carbonyl (C=O) groups excluding carboxylic acids is 1. The Hall–Kier alpha value is -0.370. The van der Waals surface area contributed by atoms with Crippen LogP contribution in [0.5, 0.6) is 0 Å². The van der Waals surface area contributed by atoms with Gasteiger partial charge in [-0.15, -0.1) is 0 Å². The van der Waals surface area contributed by atoms with E-state index in [2.05, 4.69) is 0 Å². The van der Waals surface area contributed by atoms with Gasteiger partial charge in [0.05, 0.1) is 5.60 Å². The molecule has 2 nitrogen and oxygen atoms in total. The van der Waals surface area contributed by atoms with E-state index in [0.29, 0.717) is 5.78 Å². The zero-order valence-corrected chi connectivity index (χ0v) is 9.05. The summed E-state index contributed by atoms with van der Waals surface area (Å²) in [5.74, 6) is 0.639. The van der Waals surface area contributed by atoms with Gasteiger partial charge in [-0.2, -0.15) is 0 Å². The Bertz CT molecular complexity index is 211. The second-order valence-corrected chi connectivity index (χ2v) is 4.89. The van der Waals surface area contributed by atoms with Crippen molar-refractivity contribution in [3.05, 3.63) is 0 Å². The first kappa shape index (κ1) is 10.2. The molecule has 2 rings (SSSR count). The van der Waals surface area contributed by atoms with Crippen LogP contribution in [0.25, 0.3) is 0 Å². The normalized spacial score (nSPS) is 31.6. The summed E-state index contributed by atoms with van der Waals surface area (Å²) >= 11 is 0. The van der Waals surface area contributed by atoms with E-state index in [0.717, 1.165) is 19.4 Å². The molecule has 1 aliphatic carbocycles. The number of Topliss-reactive ketones (excluding diaryl/α,β-unsaturated/α-hetero) is 1. The molecule has 1 saturated heterocycles. The fourth-order valence-corrected chi connectivity index (χ4v) is 2.92. The predicted octanol–water partition coefficient (Wildman–Crippen LogP) is 2.70. The number of carbonyl (C=O) groups is 1. The average Bonchev–Trinajstić information content (AvgIpc) is 2.19. The molecule has 0 bridgehead atoms. The summed E-state index contributed by atoms with van der Waals surface area (Å²) in [4.78, 5) is 11.4. The van der Waals surface area contributed by atoms with Crippen LogP contribution in [0.2, 0.25) is 0 Å². The van der Waals surface area contributed by atoms with E-state index in [4.69, 9.17) is 4.74 Å². The van der Waals surface area contributed by atoms with Crippen molar-refractivity contribution in [2.75, 3.05) is 6.61 Å². The summed E-state index contributed by atoms with van der Waals surface area (Å²) in [6, 6.07) is 0. The highest BCUT2D eigenvalue weighted by Gasteiger charge is 2.39. The fourth-order valence-electron chi connectivity index (χ4n) is 2.92. The average molecular weight is 196 g/mol. The molecule has 1 aliphatic heterocycles. The van der Waals surface area contributed by atoms with Gasteiger partial charge in [-0.1, -0.05) is 19.3 Å². The summed E-state index contributed by atoms with van der Waals surface area (Å²) in [5.41, 5.74) is 0.0901. The van der Waals surface area contributed by atoms with Crippen molar-refractivity contribution in [2.24, 2.45) is 5.92 Å². The topological polar surface area (TPSA) is 26.3 Å². The quantitative estimate of drug-likeness (QED) is 0.644. The molecule has 0 aromatic carbocycles. The first-order valence-electron chi connectivity index (χ1n) is 5.86. The molecule has 1 unspecified atom stereocenters. The van der Waals surface area contributed by atoms with E-state index in [1.165, 1.54) is 32.1 Å². The van der Waals surface area contributed by atoms with E-state index in [1.54, 1.807) is 6.92 Å². The largest absolute Gasteiger partial charge is 0.375 e. The van der Waals surface area contributed by atoms with Gasteiger partial charge < -0.3 is 4.74 Å². The third-order valence-electron chi connectivity index (χ3n) is 3.83. The standard InChI is InChI=1S/C12H20O2/c1-10(13)11-5-8-14-12(9-11)6-3-2-4-7-12/h11H,2-9H2,1H3. The summed E-state index contributed by atoms with van der Waals surface area (Å²) in [7, 11) is 0. The van der Waals surface area contributed by atoms with Crippen LogP contribution in [-0.4, -0.2) is 18.0 Å². The van der Waals surface area contributed by atoms with Crippen molar-refractivity contribution in [1.29, 1.82) is 0 Å². The van der Waals surface area contributed by atoms with Crippen LogP contribution in [0.4, 0.5) is 0 Å². The molecule has 1 atom stereocenters. The third-order valence-corrected chi connectivity index (χ3v) is 3.83. The van der Waals surface area contributed by atoms with Gasteiger partial charge in [-0.05, 0) is 32.6 Å². The Labute approximate surface area is 86.0 Å². The molecule has 0 amide bonds. The minimum absolute atomic E-state index is 0.0901. The summed E-state index contributed by atoms with van der Waals surface area (Å²) in [5, 5.41) is 0. The van der Waals surface area contributed by atoms with E-state index < -0.39 is 0 Å². The second-order valence-electron chi connectivity index (χ2n) is 4.89. The maximum absolute atomic E-state index is 11.4. The highest BCUT2D eigenvalue weighted by molar-refractivity contribution is 5.78. The van der Waals surface area contributed by atoms with Gasteiger partial charge >= 0.3 is 0 Å². The van der Waals surface area contributed by atoms with Crippen molar-refractivity contribution in [3.63, 3.8) is 0 Å². The van der Waals surface area contributed by atoms with Crippen LogP contribution in [0.1, 0.15) is 51.9 Å². The van der Waals surface area contributed by atoms with Crippen LogP contribution >= 0.6 is 0 Å². The lowest BCUT2D eigenvalue weighted by atomic mass is 9.75. The van der Waals surface area contributed by atoms with Gasteiger partial charge in [0.25, 0.3) is 0 Å². The Kier molecular flexibility index (Phi) is 2.91. The molecule has 1 saturated carbocycles. The SMILES string of the molecule is CC(=O)C1CCOC2(CCCCC2)C1. The molecule has 0 aromatic heterocycles. The van der Waals surface area contributed by atoms with E-state index >= 15 is 0 Å². The second kappa shape index (κ2) is 4.01.